The molecule has 15 heavy (non-hydrogen) atoms. The first-order chi connectivity index (χ1) is 6.90. The quantitative estimate of drug-likeness (QED) is 0.712. The van der Waals surface area contributed by atoms with Crippen LogP contribution in [0.25, 0.3) is 0 Å². The van der Waals surface area contributed by atoms with Crippen LogP contribution in [-0.2, 0) is 15.7 Å². The monoisotopic (exact) mass is 256 g/mol. The van der Waals surface area contributed by atoms with Crippen LogP contribution < -0.4 is 0 Å². The molecule has 1 nitrogen and oxygen atoms in total. The molecule has 0 amide bonds. The maximum atomic E-state index is 4.76. The molecule has 3 heteroatoms. The fourth-order valence-electron chi connectivity index (χ4n) is 1.22. The zero-order valence-electron chi connectivity index (χ0n) is 10.2. The summed E-state index contributed by atoms with van der Waals surface area (Å²) in [6.45, 7) is 11.4. The van der Waals surface area contributed by atoms with Crippen molar-refractivity contribution in [2.24, 2.45) is 3.79 Å². The van der Waals surface area contributed by atoms with Crippen LogP contribution in [0, 0.1) is 13.8 Å². The number of aryl methyl sites for hydroxylation is 2. The third-order valence-corrected chi connectivity index (χ3v) is 7.59. The number of hydrogen-bond donors (Lipinski definition) is 0. The summed E-state index contributed by atoms with van der Waals surface area (Å²) in [6.07, 6.45) is 0. The van der Waals surface area contributed by atoms with Crippen LogP contribution in [0.5, 0.6) is 0 Å². The van der Waals surface area contributed by atoms with Crippen molar-refractivity contribution >= 4 is 18.1 Å². The molecule has 1 aromatic carbocycles. The van der Waals surface area contributed by atoms with Crippen molar-refractivity contribution in [3.63, 3.8) is 0 Å². The van der Waals surface area contributed by atoms with E-state index in [1.54, 1.807) is 0 Å². The van der Waals surface area contributed by atoms with Crippen LogP contribution in [0.2, 0.25) is 19.6 Å². The average Bonchev–Trinajstić information content (AvgIpc) is 2.08. The van der Waals surface area contributed by atoms with Crippen LogP contribution in [0.4, 0.5) is 5.69 Å². The molecule has 0 atom stereocenters. The van der Waals surface area contributed by atoms with Gasteiger partial charge in [0.2, 0.25) is 0 Å². The van der Waals surface area contributed by atoms with E-state index in [-0.39, 0.29) is 15.7 Å². The van der Waals surface area contributed by atoms with Gasteiger partial charge in [-0.2, -0.15) is 0 Å². The summed E-state index contributed by atoms with van der Waals surface area (Å²) in [4.78, 5) is 0. The molecule has 0 unspecified atom stereocenters. The second kappa shape index (κ2) is 5.15. The molecule has 81 valence electrons. The van der Waals surface area contributed by atoms with Crippen molar-refractivity contribution in [1.82, 2.24) is 0 Å². The molecule has 0 aliphatic heterocycles. The molecular weight excluding hydrogens is 237 g/mol. The molecule has 0 aliphatic carbocycles. The summed E-state index contributed by atoms with van der Waals surface area (Å²) >= 11 is 0.0291. The second-order valence-corrected chi connectivity index (χ2v) is 11.8. The molecule has 0 heterocycles. The molecule has 0 bridgehead atoms. The van der Waals surface area contributed by atoms with Crippen molar-refractivity contribution < 1.29 is 15.7 Å². The third kappa shape index (κ3) is 4.37. The van der Waals surface area contributed by atoms with Crippen molar-refractivity contribution in [3.05, 3.63) is 29.3 Å². The zero-order chi connectivity index (χ0) is 11.5. The Balaban J connectivity index is 3.05. The van der Waals surface area contributed by atoms with Gasteiger partial charge in [0, 0.05) is 0 Å². The van der Waals surface area contributed by atoms with Gasteiger partial charge < -0.3 is 0 Å². The molecule has 0 saturated heterocycles. The van der Waals surface area contributed by atoms with Crippen molar-refractivity contribution in [2.45, 2.75) is 33.5 Å². The van der Waals surface area contributed by atoms with Crippen LogP contribution >= 0.6 is 0 Å². The van der Waals surface area contributed by atoms with Gasteiger partial charge in [-0.3, -0.25) is 0 Å². The fraction of sp³-hybridized carbons (Fsp3) is 0.417. The molecule has 0 spiro atoms. The fourth-order valence-corrected chi connectivity index (χ4v) is 4.19. The maximum absolute atomic E-state index is 4.76. The Morgan fingerprint density at radius 3 is 2.13 bits per heavy atom. The van der Waals surface area contributed by atoms with Crippen molar-refractivity contribution in [2.75, 3.05) is 0 Å². The van der Waals surface area contributed by atoms with Crippen LogP contribution in [0.15, 0.2) is 22.0 Å². The summed E-state index contributed by atoms with van der Waals surface area (Å²) in [5, 5.41) is 0. The first kappa shape index (κ1) is 12.8. The summed E-state index contributed by atoms with van der Waals surface area (Å²) < 4.78 is 7.25. The van der Waals surface area contributed by atoms with Crippen molar-refractivity contribution in [1.29, 1.82) is 0 Å². The molecule has 1 aromatic rings. The minimum absolute atomic E-state index is 0.0291. The minimum atomic E-state index is -1.02. The van der Waals surface area contributed by atoms with Gasteiger partial charge >= 0.3 is 100 Å². The van der Waals surface area contributed by atoms with E-state index in [9.17, 15) is 0 Å². The Hall–Kier alpha value is -0.309. The molecule has 0 aromatic heterocycles. The van der Waals surface area contributed by atoms with Gasteiger partial charge in [-0.05, 0) is 0 Å². The average molecular weight is 256 g/mol. The van der Waals surface area contributed by atoms with E-state index in [4.69, 9.17) is 3.79 Å². The predicted molar refractivity (Wildman–Crippen MR) is 67.4 cm³/mol. The number of benzene rings is 1. The first-order valence-electron chi connectivity index (χ1n) is 5.21. The van der Waals surface area contributed by atoms with Gasteiger partial charge in [0.15, 0.2) is 0 Å². The Morgan fingerprint density at radius 2 is 1.67 bits per heavy atom. The number of nitrogens with zero attached hydrogens (tertiary/aromatic N) is 1. The number of hydrogen-bond acceptors (Lipinski definition) is 1. The summed E-state index contributed by atoms with van der Waals surface area (Å²) in [7, 11) is -1.02. The zero-order valence-corrected chi connectivity index (χ0v) is 12.6. The normalized spacial score (nSPS) is 10.7. The Labute approximate surface area is 100 Å². The standard InChI is InChI=1S/C8H9N.C4H10Si.V/c1-6-4-3-5-7(2)8(6)9;1-5(2,3)4;/h3-5H,1-2H3;1H,2-4H3;. The predicted octanol–water partition coefficient (Wildman–Crippen LogP) is 3.88. The van der Waals surface area contributed by atoms with Crippen LogP contribution in [0.3, 0.4) is 0 Å². The Kier molecular flexibility index (Phi) is 4.38. The van der Waals surface area contributed by atoms with E-state index in [2.05, 4.69) is 56.0 Å². The molecule has 0 aliphatic rings. The molecule has 1 rings (SSSR count). The summed E-state index contributed by atoms with van der Waals surface area (Å²) in [5.74, 6) is 0. The van der Waals surface area contributed by atoms with Gasteiger partial charge in [-0.1, -0.05) is 0 Å². The molecule has 0 saturated carbocycles. The first-order valence-corrected chi connectivity index (χ1v) is 10.2. The van der Waals surface area contributed by atoms with Gasteiger partial charge in [0.25, 0.3) is 0 Å². The van der Waals surface area contributed by atoms with Gasteiger partial charge in [-0.15, -0.1) is 0 Å². The SMILES string of the molecule is Cc1cccc(C)c1[N]=[V]=[CH][Si](C)(C)C. The molecule has 0 fully saturated rings. The van der Waals surface area contributed by atoms with Crippen LogP contribution in [-0.4, -0.2) is 12.4 Å². The van der Waals surface area contributed by atoms with E-state index in [0.717, 1.165) is 0 Å². The topological polar surface area (TPSA) is 12.4 Å². The van der Waals surface area contributed by atoms with E-state index < -0.39 is 8.07 Å². The second-order valence-electron chi connectivity index (χ2n) is 4.95. The summed E-state index contributed by atoms with van der Waals surface area (Å²) in [6, 6.07) is 6.38. The molecular formula is C12H19NSiV. The van der Waals surface area contributed by atoms with Crippen molar-refractivity contribution in [3.8, 4) is 0 Å². The van der Waals surface area contributed by atoms with E-state index in [1.165, 1.54) is 16.8 Å². The van der Waals surface area contributed by atoms with Gasteiger partial charge in [-0.25, -0.2) is 0 Å². The van der Waals surface area contributed by atoms with Crippen LogP contribution in [0.1, 0.15) is 11.1 Å². The summed E-state index contributed by atoms with van der Waals surface area (Å²) in [5.41, 5.74) is 3.82. The van der Waals surface area contributed by atoms with E-state index in [1.807, 2.05) is 0 Å². The molecule has 0 radical (unpaired) electrons. The van der Waals surface area contributed by atoms with Gasteiger partial charge in [0.1, 0.15) is 0 Å². The molecule has 0 N–H and O–H groups in total. The Bertz CT molecular complexity index is 392. The van der Waals surface area contributed by atoms with Gasteiger partial charge in [0.05, 0.1) is 0 Å². The van der Waals surface area contributed by atoms with E-state index in [0.29, 0.717) is 0 Å². The third-order valence-electron chi connectivity index (χ3n) is 2.04. The number of rotatable bonds is 2. The van der Waals surface area contributed by atoms with E-state index >= 15 is 0 Å². The Morgan fingerprint density at radius 1 is 1.13 bits per heavy atom.